The first kappa shape index (κ1) is 23.9. The second-order valence-corrected chi connectivity index (χ2v) is 10.3. The molecular weight excluding hydrogens is 450 g/mol. The van der Waals surface area contributed by atoms with Crippen molar-refractivity contribution in [1.29, 1.82) is 5.26 Å². The lowest BCUT2D eigenvalue weighted by molar-refractivity contribution is 0.0793. The summed E-state index contributed by atoms with van der Waals surface area (Å²) >= 11 is 0. The average molecular weight is 484 g/mol. The highest BCUT2D eigenvalue weighted by Crippen LogP contribution is 2.44. The highest BCUT2D eigenvalue weighted by Gasteiger charge is 2.30. The molecule has 3 amide bonds. The van der Waals surface area contributed by atoms with Gasteiger partial charge in [0.15, 0.2) is 0 Å². The molecule has 1 aliphatic carbocycles. The lowest BCUT2D eigenvalue weighted by Crippen LogP contribution is -2.34. The van der Waals surface area contributed by atoms with Gasteiger partial charge in [-0.2, -0.15) is 5.26 Å². The van der Waals surface area contributed by atoms with Gasteiger partial charge in [-0.05, 0) is 88.3 Å². The van der Waals surface area contributed by atoms with Crippen LogP contribution >= 0.6 is 0 Å². The summed E-state index contributed by atoms with van der Waals surface area (Å²) in [5.41, 5.74) is 5.78. The third-order valence-electron chi connectivity index (χ3n) is 7.33. The fourth-order valence-electron chi connectivity index (χ4n) is 5.43. The van der Waals surface area contributed by atoms with Gasteiger partial charge in [0, 0.05) is 41.8 Å². The van der Waals surface area contributed by atoms with Gasteiger partial charge < -0.3 is 20.1 Å². The number of nitrogens with one attached hydrogen (secondary N) is 2. The van der Waals surface area contributed by atoms with Gasteiger partial charge in [-0.15, -0.1) is 0 Å². The Balaban J connectivity index is 1.60. The van der Waals surface area contributed by atoms with Crippen molar-refractivity contribution in [2.75, 3.05) is 18.4 Å². The molecule has 1 aromatic heterocycles. The van der Waals surface area contributed by atoms with E-state index in [-0.39, 0.29) is 18.0 Å². The van der Waals surface area contributed by atoms with E-state index in [4.69, 9.17) is 0 Å². The van der Waals surface area contributed by atoms with E-state index in [1.54, 1.807) is 0 Å². The van der Waals surface area contributed by atoms with E-state index in [1.807, 2.05) is 62.1 Å². The number of urea groups is 1. The summed E-state index contributed by atoms with van der Waals surface area (Å²) in [5, 5.41) is 16.9. The Hall–Kier alpha value is -3.79. The molecule has 0 unspecified atom stereocenters. The van der Waals surface area contributed by atoms with Crippen LogP contribution in [0.15, 0.2) is 36.4 Å². The predicted octanol–water partition coefficient (Wildman–Crippen LogP) is 5.98. The number of amides is 3. The van der Waals surface area contributed by atoms with Crippen LogP contribution in [0.3, 0.4) is 0 Å². The summed E-state index contributed by atoms with van der Waals surface area (Å²) in [7, 11) is 0. The van der Waals surface area contributed by atoms with Crippen molar-refractivity contribution >= 4 is 28.5 Å². The van der Waals surface area contributed by atoms with Crippen molar-refractivity contribution in [3.05, 3.63) is 53.1 Å². The Morgan fingerprint density at radius 3 is 2.33 bits per heavy atom. The van der Waals surface area contributed by atoms with Crippen LogP contribution in [0.4, 0.5) is 10.5 Å². The molecule has 186 valence electrons. The number of nitrogens with zero attached hydrogens (tertiary/aromatic N) is 3. The Morgan fingerprint density at radius 1 is 1.06 bits per heavy atom. The largest absolute Gasteiger partial charge is 0.339 e. The van der Waals surface area contributed by atoms with Gasteiger partial charge in [0.05, 0.1) is 16.8 Å². The standard InChI is InChI=1S/C29H33N5O2/c1-18(2)31-29(36)32-22-11-9-20(10-12-22)27-24(17-30)26-19(3)15-21(28(35)33-13-4-5-14-33)16-25(26)34(27)23-7-6-8-23/h9-12,15-16,18,23H,4-8,13-14H2,1-3H3,(H2,31,32,36). The Bertz CT molecular complexity index is 1350. The maximum absolute atomic E-state index is 13.2. The van der Waals surface area contributed by atoms with Crippen LogP contribution in [0.5, 0.6) is 0 Å². The summed E-state index contributed by atoms with van der Waals surface area (Å²) in [5.74, 6) is 0.0778. The van der Waals surface area contributed by atoms with Gasteiger partial charge in [0.1, 0.15) is 6.07 Å². The number of likely N-dealkylation sites (tertiary alicyclic amines) is 1. The van der Waals surface area contributed by atoms with Gasteiger partial charge in [-0.25, -0.2) is 4.79 Å². The Morgan fingerprint density at radius 2 is 1.75 bits per heavy atom. The number of aryl methyl sites for hydroxylation is 1. The summed E-state index contributed by atoms with van der Waals surface area (Å²) in [4.78, 5) is 27.3. The molecule has 2 aromatic carbocycles. The van der Waals surface area contributed by atoms with Crippen molar-refractivity contribution in [2.45, 2.75) is 65.0 Å². The summed E-state index contributed by atoms with van der Waals surface area (Å²) in [6.45, 7) is 7.45. The second kappa shape index (κ2) is 9.69. The molecule has 7 heteroatoms. The molecule has 1 saturated carbocycles. The van der Waals surface area contributed by atoms with Crippen LogP contribution in [-0.2, 0) is 0 Å². The van der Waals surface area contributed by atoms with E-state index in [0.717, 1.165) is 72.9 Å². The van der Waals surface area contributed by atoms with Gasteiger partial charge in [0.25, 0.3) is 5.91 Å². The van der Waals surface area contributed by atoms with Gasteiger partial charge in [-0.3, -0.25) is 4.79 Å². The second-order valence-electron chi connectivity index (χ2n) is 10.3. The number of anilines is 1. The average Bonchev–Trinajstić information content (AvgIpc) is 3.45. The maximum atomic E-state index is 13.2. The molecule has 3 aromatic rings. The molecule has 0 spiro atoms. The summed E-state index contributed by atoms with van der Waals surface area (Å²) in [6, 6.07) is 14.2. The molecule has 2 N–H and O–H groups in total. The number of aromatic nitrogens is 1. The molecule has 2 heterocycles. The van der Waals surface area contributed by atoms with E-state index >= 15 is 0 Å². The number of fused-ring (bicyclic) bond motifs is 1. The molecule has 2 aliphatic rings. The molecule has 7 nitrogen and oxygen atoms in total. The highest BCUT2D eigenvalue weighted by atomic mass is 16.2. The van der Waals surface area contributed by atoms with Crippen molar-refractivity contribution in [2.24, 2.45) is 0 Å². The van der Waals surface area contributed by atoms with Crippen molar-refractivity contribution in [1.82, 2.24) is 14.8 Å². The lowest BCUT2D eigenvalue weighted by Gasteiger charge is -2.30. The van der Waals surface area contributed by atoms with Gasteiger partial charge >= 0.3 is 6.03 Å². The zero-order valence-corrected chi connectivity index (χ0v) is 21.2. The molecular formula is C29H33N5O2. The zero-order chi connectivity index (χ0) is 25.4. The number of benzene rings is 2. The third-order valence-corrected chi connectivity index (χ3v) is 7.33. The van der Waals surface area contributed by atoms with Crippen LogP contribution in [-0.4, -0.2) is 40.5 Å². The van der Waals surface area contributed by atoms with E-state index < -0.39 is 0 Å². The molecule has 0 bridgehead atoms. The Kier molecular flexibility index (Phi) is 6.44. The van der Waals surface area contributed by atoms with Crippen LogP contribution < -0.4 is 10.6 Å². The van der Waals surface area contributed by atoms with Crippen LogP contribution in [0, 0.1) is 18.3 Å². The lowest BCUT2D eigenvalue weighted by atomic mass is 9.92. The molecule has 1 saturated heterocycles. The number of rotatable bonds is 5. The third kappa shape index (κ3) is 4.32. The number of hydrogen-bond acceptors (Lipinski definition) is 3. The van der Waals surface area contributed by atoms with E-state index in [2.05, 4.69) is 21.3 Å². The predicted molar refractivity (Wildman–Crippen MR) is 142 cm³/mol. The van der Waals surface area contributed by atoms with Gasteiger partial charge in [0.2, 0.25) is 0 Å². The summed E-state index contributed by atoms with van der Waals surface area (Å²) in [6.07, 6.45) is 5.38. The van der Waals surface area contributed by atoms with Crippen LogP contribution in [0.1, 0.15) is 73.5 Å². The molecule has 1 aliphatic heterocycles. The van der Waals surface area contributed by atoms with Crippen LogP contribution in [0.2, 0.25) is 0 Å². The fourth-order valence-corrected chi connectivity index (χ4v) is 5.43. The van der Waals surface area contributed by atoms with Crippen LogP contribution in [0.25, 0.3) is 22.2 Å². The Labute approximate surface area is 212 Å². The fraction of sp³-hybridized carbons (Fsp3) is 0.414. The minimum Gasteiger partial charge on any atom is -0.339 e. The molecule has 5 rings (SSSR count). The topological polar surface area (TPSA) is 90.2 Å². The van der Waals surface area contributed by atoms with Crippen molar-refractivity contribution in [3.63, 3.8) is 0 Å². The first-order valence-electron chi connectivity index (χ1n) is 12.9. The van der Waals surface area contributed by atoms with Gasteiger partial charge in [-0.1, -0.05) is 12.1 Å². The van der Waals surface area contributed by atoms with E-state index in [1.165, 1.54) is 0 Å². The summed E-state index contributed by atoms with van der Waals surface area (Å²) < 4.78 is 2.29. The first-order chi connectivity index (χ1) is 17.4. The smallest absolute Gasteiger partial charge is 0.319 e. The molecule has 0 radical (unpaired) electrons. The normalized spacial score (nSPS) is 15.7. The molecule has 2 fully saturated rings. The number of carbonyl (C=O) groups is 2. The monoisotopic (exact) mass is 483 g/mol. The first-order valence-corrected chi connectivity index (χ1v) is 12.9. The number of carbonyl (C=O) groups excluding carboxylic acids is 2. The number of nitriles is 1. The minimum absolute atomic E-state index is 0.0473. The highest BCUT2D eigenvalue weighted by molar-refractivity contribution is 6.03. The van der Waals surface area contributed by atoms with Crippen molar-refractivity contribution in [3.8, 4) is 17.3 Å². The molecule has 0 atom stereocenters. The van der Waals surface area contributed by atoms with E-state index in [0.29, 0.717) is 22.9 Å². The maximum Gasteiger partial charge on any atom is 0.319 e. The SMILES string of the molecule is Cc1cc(C(=O)N2CCCC2)cc2c1c(C#N)c(-c1ccc(NC(=O)NC(C)C)cc1)n2C1CCC1. The van der Waals surface area contributed by atoms with Crippen molar-refractivity contribution < 1.29 is 9.59 Å². The van der Waals surface area contributed by atoms with E-state index in [9.17, 15) is 14.9 Å². The minimum atomic E-state index is -0.245. The molecule has 36 heavy (non-hydrogen) atoms. The zero-order valence-electron chi connectivity index (χ0n) is 21.2. The quantitative estimate of drug-likeness (QED) is 0.468. The number of hydrogen-bond donors (Lipinski definition) is 2.